The molecule has 0 amide bonds. The van der Waals surface area contributed by atoms with Crippen molar-refractivity contribution in [2.24, 2.45) is 0 Å². The van der Waals surface area contributed by atoms with Gasteiger partial charge in [0.15, 0.2) is 0 Å². The number of benzene rings is 1. The summed E-state index contributed by atoms with van der Waals surface area (Å²) < 4.78 is 0. The fourth-order valence-corrected chi connectivity index (χ4v) is 8.79. The molecule has 0 N–H and O–H groups in total. The standard InChI is InChI=1S/4C11H10N2.3C10H9N3/c1-9-11(5-3-7-13-9)10-4-2-6-12-8-10;1-9-11(3-2-6-13-9)10-4-7-12-8-5-10;1-9-10(5-4-8-12-9)11-6-2-3-7-13-11;1-9-7-12-8-13-11(9)10-5-3-2-4-6-10;1-8-6-12-7-13-10(8)9-2-4-11-5-3-9;1-8-5-12-7-13-10(8)9-3-2-4-11-6-9;1-8-6-11-7-13-10(8)9-4-2-3-5-12-9/h4*2-8H,1H3;3*2-7H,1H3. The van der Waals surface area contributed by atoms with Gasteiger partial charge in [-0.25, -0.2) is 39.9 Å². The van der Waals surface area contributed by atoms with Gasteiger partial charge in [0.05, 0.1) is 34.2 Å². The maximum absolute atomic E-state index is 4.27. The van der Waals surface area contributed by atoms with E-state index in [9.17, 15) is 0 Å². The highest BCUT2D eigenvalue weighted by atomic mass is 14.9. The minimum absolute atomic E-state index is 0.891. The van der Waals surface area contributed by atoms with Gasteiger partial charge in [0.25, 0.3) is 0 Å². The second-order valence-electron chi connectivity index (χ2n) is 19.9. The van der Waals surface area contributed by atoms with Crippen molar-refractivity contribution in [3.05, 3.63) is 322 Å². The molecule has 17 heteroatoms. The largest absolute Gasteiger partial charge is 0.265 e. The minimum atomic E-state index is 0.891. The van der Waals surface area contributed by atoms with E-state index in [1.165, 1.54) is 17.5 Å². The Morgan fingerprint density at radius 2 is 0.549 bits per heavy atom. The van der Waals surface area contributed by atoms with Crippen LogP contribution < -0.4 is 0 Å². The first-order valence-electron chi connectivity index (χ1n) is 29.0. The maximum Gasteiger partial charge on any atom is 0.116 e. The van der Waals surface area contributed by atoms with Crippen LogP contribution in [0.3, 0.4) is 0 Å². The van der Waals surface area contributed by atoms with Crippen LogP contribution in [-0.4, -0.2) is 84.7 Å². The molecule has 0 fully saturated rings. The minimum Gasteiger partial charge on any atom is -0.265 e. The second-order valence-corrected chi connectivity index (χ2v) is 19.9. The molecule has 0 aliphatic heterocycles. The molecule has 0 radical (unpaired) electrons. The van der Waals surface area contributed by atoms with Crippen molar-refractivity contribution in [2.45, 2.75) is 48.5 Å². The highest BCUT2D eigenvalue weighted by molar-refractivity contribution is 5.67. The lowest BCUT2D eigenvalue weighted by Crippen LogP contribution is -1.90. The third-order valence-corrected chi connectivity index (χ3v) is 13.3. The smallest absolute Gasteiger partial charge is 0.116 e. The Bertz CT molecular complexity index is 3570. The lowest BCUT2D eigenvalue weighted by Gasteiger charge is -2.02. The summed E-state index contributed by atoms with van der Waals surface area (Å²) in [5, 5.41) is 0. The Morgan fingerprint density at radius 1 is 0.198 bits per heavy atom. The zero-order valence-corrected chi connectivity index (χ0v) is 51.7. The topological polar surface area (TPSA) is 219 Å². The van der Waals surface area contributed by atoms with Gasteiger partial charge >= 0.3 is 0 Å². The Labute approximate surface area is 530 Å². The summed E-state index contributed by atoms with van der Waals surface area (Å²) >= 11 is 0. The van der Waals surface area contributed by atoms with E-state index < -0.39 is 0 Å². The Morgan fingerprint density at radius 3 is 0.967 bits per heavy atom. The van der Waals surface area contributed by atoms with E-state index in [2.05, 4.69) is 109 Å². The lowest BCUT2D eigenvalue weighted by atomic mass is 10.1. The molecular formula is C74H67N17. The number of rotatable bonds is 7. The maximum atomic E-state index is 4.27. The summed E-state index contributed by atoms with van der Waals surface area (Å²) in [5.74, 6) is 0. The molecule has 0 aliphatic carbocycles. The predicted molar refractivity (Wildman–Crippen MR) is 359 cm³/mol. The molecular weight excluding hydrogens is 1130 g/mol. The number of hydrogen-bond acceptors (Lipinski definition) is 17. The fourth-order valence-electron chi connectivity index (χ4n) is 8.79. The van der Waals surface area contributed by atoms with Crippen molar-refractivity contribution in [2.75, 3.05) is 0 Å². The summed E-state index contributed by atoms with van der Waals surface area (Å²) in [6.45, 7) is 14.0. The molecule has 0 aliphatic rings. The van der Waals surface area contributed by atoms with Crippen LogP contribution in [0.25, 0.3) is 78.7 Å². The molecule has 13 heterocycles. The third-order valence-electron chi connectivity index (χ3n) is 13.3. The Hall–Kier alpha value is -12.1. The number of aromatic nitrogens is 17. The highest BCUT2D eigenvalue weighted by Crippen LogP contribution is 2.24. The molecule has 91 heavy (non-hydrogen) atoms. The zero-order valence-electron chi connectivity index (χ0n) is 51.7. The summed E-state index contributed by atoms with van der Waals surface area (Å²) in [4.78, 5) is 69.8. The molecule has 0 atom stereocenters. The number of aryl methyl sites for hydroxylation is 7. The van der Waals surface area contributed by atoms with E-state index in [0.717, 1.165) is 107 Å². The normalized spacial score (nSPS) is 9.92. The first-order valence-corrected chi connectivity index (χ1v) is 29.0. The summed E-state index contributed by atoms with van der Waals surface area (Å²) in [7, 11) is 0. The van der Waals surface area contributed by atoms with Crippen LogP contribution >= 0.6 is 0 Å². The molecule has 0 unspecified atom stereocenters. The molecule has 0 bridgehead atoms. The molecule has 0 saturated carbocycles. The number of hydrogen-bond donors (Lipinski definition) is 0. The van der Waals surface area contributed by atoms with Crippen LogP contribution in [0.15, 0.2) is 282 Å². The molecule has 13 aromatic heterocycles. The van der Waals surface area contributed by atoms with Crippen LogP contribution in [-0.2, 0) is 0 Å². The van der Waals surface area contributed by atoms with Gasteiger partial charge in [0.1, 0.15) is 25.3 Å². The van der Waals surface area contributed by atoms with Gasteiger partial charge in [-0.15, -0.1) is 0 Å². The average Bonchev–Trinajstić information content (AvgIpc) is 3.44. The van der Waals surface area contributed by atoms with E-state index >= 15 is 0 Å². The van der Waals surface area contributed by atoms with Gasteiger partial charge in [-0.2, -0.15) is 0 Å². The van der Waals surface area contributed by atoms with E-state index in [4.69, 9.17) is 0 Å². The average molecular weight is 1190 g/mol. The molecule has 14 rings (SSSR count). The fraction of sp³-hybridized carbons (Fsp3) is 0.0946. The molecule has 448 valence electrons. The van der Waals surface area contributed by atoms with Crippen molar-refractivity contribution in [3.8, 4) is 78.7 Å². The second kappa shape index (κ2) is 35.5. The van der Waals surface area contributed by atoms with E-state index in [-0.39, 0.29) is 0 Å². The van der Waals surface area contributed by atoms with Crippen molar-refractivity contribution in [1.82, 2.24) is 84.7 Å². The van der Waals surface area contributed by atoms with Crippen molar-refractivity contribution < 1.29 is 0 Å². The predicted octanol–water partition coefficient (Wildman–Crippen LogP) is 15.3. The van der Waals surface area contributed by atoms with E-state index in [1.54, 1.807) is 106 Å². The molecule has 0 spiro atoms. The van der Waals surface area contributed by atoms with Crippen molar-refractivity contribution in [1.29, 1.82) is 0 Å². The van der Waals surface area contributed by atoms with Crippen LogP contribution in [0.1, 0.15) is 39.3 Å². The van der Waals surface area contributed by atoms with Gasteiger partial charge in [0, 0.05) is 161 Å². The SMILES string of the molecule is Cc1cncnc1-c1ccccc1.Cc1cncnc1-c1ccccn1.Cc1cncnc1-c1cccnc1.Cc1cncnc1-c1ccncc1.Cc1ncccc1-c1ccccn1.Cc1ncccc1-c1cccnc1.Cc1ncccc1-c1ccncc1. The molecule has 17 nitrogen and oxygen atoms in total. The van der Waals surface area contributed by atoms with Crippen molar-refractivity contribution in [3.63, 3.8) is 0 Å². The Kier molecular flexibility index (Phi) is 25.3. The van der Waals surface area contributed by atoms with Gasteiger partial charge in [0.2, 0.25) is 0 Å². The van der Waals surface area contributed by atoms with E-state index in [0.29, 0.717) is 0 Å². The number of nitrogens with zero attached hydrogens (tertiary/aromatic N) is 17. The quantitative estimate of drug-likeness (QED) is 0.145. The first-order chi connectivity index (χ1) is 44.6. The zero-order chi connectivity index (χ0) is 63.7. The monoisotopic (exact) mass is 1190 g/mol. The van der Waals surface area contributed by atoms with Gasteiger partial charge in [-0.05, 0) is 167 Å². The molecule has 0 saturated heterocycles. The lowest BCUT2D eigenvalue weighted by molar-refractivity contribution is 1.12. The van der Waals surface area contributed by atoms with E-state index in [1.807, 2.05) is 194 Å². The summed E-state index contributed by atoms with van der Waals surface area (Å²) in [6, 6.07) is 49.5. The first kappa shape index (κ1) is 64.9. The number of pyridine rings is 9. The van der Waals surface area contributed by atoms with Crippen LogP contribution in [0.4, 0.5) is 0 Å². The summed E-state index contributed by atoms with van der Waals surface area (Å²) in [5.41, 5.74) is 22.0. The van der Waals surface area contributed by atoms with Crippen LogP contribution in [0.5, 0.6) is 0 Å². The third kappa shape index (κ3) is 20.2. The van der Waals surface area contributed by atoms with Gasteiger partial charge in [-0.3, -0.25) is 44.9 Å². The van der Waals surface area contributed by atoms with Gasteiger partial charge < -0.3 is 0 Å². The van der Waals surface area contributed by atoms with Crippen LogP contribution in [0.2, 0.25) is 0 Å². The summed E-state index contributed by atoms with van der Waals surface area (Å²) in [6.07, 6.45) is 36.7. The highest BCUT2D eigenvalue weighted by Gasteiger charge is 2.07. The van der Waals surface area contributed by atoms with Crippen LogP contribution in [0, 0.1) is 48.5 Å². The molecule has 14 aromatic rings. The van der Waals surface area contributed by atoms with Crippen molar-refractivity contribution >= 4 is 0 Å². The van der Waals surface area contributed by atoms with Gasteiger partial charge in [-0.1, -0.05) is 60.7 Å². The molecule has 1 aromatic carbocycles. The Balaban J connectivity index is 0.000000137.